The summed E-state index contributed by atoms with van der Waals surface area (Å²) in [5, 5.41) is 7.62. The molecule has 4 rings (SSSR count). The lowest BCUT2D eigenvalue weighted by atomic mass is 10.1. The number of amides is 1. The number of para-hydroxylation sites is 1. The number of nitrogens with one attached hydrogen (secondary N) is 1. The van der Waals surface area contributed by atoms with Gasteiger partial charge in [-0.15, -0.1) is 0 Å². The first-order valence-electron chi connectivity index (χ1n) is 9.86. The van der Waals surface area contributed by atoms with Gasteiger partial charge in [0.2, 0.25) is 0 Å². The van der Waals surface area contributed by atoms with E-state index in [9.17, 15) is 4.79 Å². The van der Waals surface area contributed by atoms with Crippen LogP contribution in [-0.4, -0.2) is 35.4 Å². The Kier molecular flexibility index (Phi) is 5.91. The summed E-state index contributed by atoms with van der Waals surface area (Å²) in [6.45, 7) is 3.66. The van der Waals surface area contributed by atoms with Gasteiger partial charge in [0.1, 0.15) is 11.9 Å². The largest absolute Gasteiger partial charge is 0.484 e. The summed E-state index contributed by atoms with van der Waals surface area (Å²) in [7, 11) is 0. The zero-order valence-electron chi connectivity index (χ0n) is 16.5. The second-order valence-corrected chi connectivity index (χ2v) is 7.19. The van der Waals surface area contributed by atoms with E-state index >= 15 is 0 Å². The predicted octanol–water partition coefficient (Wildman–Crippen LogP) is 3.05. The minimum Gasteiger partial charge on any atom is -0.484 e. The molecule has 3 aromatic rings. The molecule has 0 spiro atoms. The van der Waals surface area contributed by atoms with Crippen molar-refractivity contribution in [1.82, 2.24) is 15.1 Å². The summed E-state index contributed by atoms with van der Waals surface area (Å²) in [5.74, 6) is 0.547. The first-order valence-corrected chi connectivity index (χ1v) is 9.86. The molecule has 0 saturated carbocycles. The predicted molar refractivity (Wildman–Crippen MR) is 110 cm³/mol. The van der Waals surface area contributed by atoms with Gasteiger partial charge < -0.3 is 14.8 Å². The third-order valence-corrected chi connectivity index (χ3v) is 4.99. The van der Waals surface area contributed by atoms with Gasteiger partial charge in [0.05, 0.1) is 18.8 Å². The van der Waals surface area contributed by atoms with Crippen LogP contribution < -0.4 is 10.1 Å². The second kappa shape index (κ2) is 8.92. The molecule has 1 amide bonds. The van der Waals surface area contributed by atoms with Gasteiger partial charge in [0.25, 0.3) is 5.91 Å². The van der Waals surface area contributed by atoms with E-state index in [0.717, 1.165) is 30.0 Å². The van der Waals surface area contributed by atoms with Crippen molar-refractivity contribution in [3.63, 3.8) is 0 Å². The lowest BCUT2D eigenvalue weighted by Gasteiger charge is -2.22. The zero-order chi connectivity index (χ0) is 20.1. The van der Waals surface area contributed by atoms with E-state index in [4.69, 9.17) is 14.6 Å². The molecule has 1 unspecified atom stereocenters. The SMILES string of the molecule is Cc1ccccc1OCC(=O)NCC1OCCc2cn(Cc3ccccc3)nc21. The average molecular weight is 391 g/mol. The van der Waals surface area contributed by atoms with Crippen molar-refractivity contribution in [1.29, 1.82) is 0 Å². The minimum absolute atomic E-state index is 0.0210. The highest BCUT2D eigenvalue weighted by Gasteiger charge is 2.25. The van der Waals surface area contributed by atoms with Crippen LogP contribution in [0, 0.1) is 6.92 Å². The quantitative estimate of drug-likeness (QED) is 0.672. The van der Waals surface area contributed by atoms with Crippen molar-refractivity contribution in [2.24, 2.45) is 0 Å². The molecule has 1 aliphatic heterocycles. The molecule has 1 atom stereocenters. The summed E-state index contributed by atoms with van der Waals surface area (Å²) in [4.78, 5) is 12.2. The normalized spacial score (nSPS) is 15.6. The van der Waals surface area contributed by atoms with Gasteiger partial charge in [-0.25, -0.2) is 0 Å². The number of ether oxygens (including phenoxy) is 2. The van der Waals surface area contributed by atoms with E-state index in [1.807, 2.05) is 54.1 Å². The number of benzene rings is 2. The number of nitrogens with zero attached hydrogens (tertiary/aromatic N) is 2. The lowest BCUT2D eigenvalue weighted by molar-refractivity contribution is -0.123. The molecular weight excluding hydrogens is 366 g/mol. The van der Waals surface area contributed by atoms with Crippen LogP contribution in [0.2, 0.25) is 0 Å². The maximum absolute atomic E-state index is 12.2. The van der Waals surface area contributed by atoms with E-state index in [0.29, 0.717) is 13.2 Å². The van der Waals surface area contributed by atoms with Crippen LogP contribution in [-0.2, 0) is 22.5 Å². The zero-order valence-corrected chi connectivity index (χ0v) is 16.5. The molecule has 0 fully saturated rings. The lowest BCUT2D eigenvalue weighted by Crippen LogP contribution is -2.34. The Labute approximate surface area is 170 Å². The van der Waals surface area contributed by atoms with E-state index in [2.05, 4.69) is 23.6 Å². The van der Waals surface area contributed by atoms with Crippen LogP contribution in [0.4, 0.5) is 0 Å². The molecule has 2 heterocycles. The van der Waals surface area contributed by atoms with Crippen molar-refractivity contribution in [2.75, 3.05) is 19.8 Å². The summed E-state index contributed by atoms with van der Waals surface area (Å²) in [6.07, 6.45) is 2.68. The van der Waals surface area contributed by atoms with Gasteiger partial charge >= 0.3 is 0 Å². The number of aryl methyl sites for hydroxylation is 1. The third kappa shape index (κ3) is 4.84. The number of rotatable bonds is 7. The molecule has 150 valence electrons. The first kappa shape index (κ1) is 19.2. The maximum atomic E-state index is 12.2. The molecule has 2 aromatic carbocycles. The van der Waals surface area contributed by atoms with Crippen molar-refractivity contribution in [3.8, 4) is 5.75 Å². The Morgan fingerprint density at radius 2 is 2.00 bits per heavy atom. The Hall–Kier alpha value is -3.12. The number of carbonyl (C=O) groups excluding carboxylic acids is 1. The molecule has 0 radical (unpaired) electrons. The van der Waals surface area contributed by atoms with Crippen LogP contribution in [0.1, 0.15) is 28.5 Å². The third-order valence-electron chi connectivity index (χ3n) is 4.99. The van der Waals surface area contributed by atoms with E-state index in [1.54, 1.807) is 0 Å². The molecule has 29 heavy (non-hydrogen) atoms. The highest BCUT2D eigenvalue weighted by molar-refractivity contribution is 5.77. The van der Waals surface area contributed by atoms with Crippen molar-refractivity contribution < 1.29 is 14.3 Å². The number of carbonyl (C=O) groups is 1. The van der Waals surface area contributed by atoms with Crippen LogP contribution in [0.5, 0.6) is 5.75 Å². The van der Waals surface area contributed by atoms with Gasteiger partial charge in [-0.3, -0.25) is 9.48 Å². The molecular formula is C23H25N3O3. The van der Waals surface area contributed by atoms with Crippen LogP contribution in [0.15, 0.2) is 60.8 Å². The fraction of sp³-hybridized carbons (Fsp3) is 0.304. The Morgan fingerprint density at radius 1 is 1.21 bits per heavy atom. The van der Waals surface area contributed by atoms with Gasteiger partial charge in [-0.2, -0.15) is 5.10 Å². The maximum Gasteiger partial charge on any atom is 0.258 e. The Balaban J connectivity index is 1.33. The van der Waals surface area contributed by atoms with Crippen LogP contribution >= 0.6 is 0 Å². The van der Waals surface area contributed by atoms with Crippen molar-refractivity contribution in [2.45, 2.75) is 26.0 Å². The fourth-order valence-electron chi connectivity index (χ4n) is 3.46. The monoisotopic (exact) mass is 391 g/mol. The molecule has 0 bridgehead atoms. The Morgan fingerprint density at radius 3 is 2.83 bits per heavy atom. The fourth-order valence-corrected chi connectivity index (χ4v) is 3.46. The number of hydrogen-bond donors (Lipinski definition) is 1. The highest BCUT2D eigenvalue weighted by Crippen LogP contribution is 2.25. The van der Waals surface area contributed by atoms with Crippen LogP contribution in [0.3, 0.4) is 0 Å². The first-order chi connectivity index (χ1) is 14.2. The molecule has 0 saturated heterocycles. The van der Waals surface area contributed by atoms with Gasteiger partial charge in [-0.05, 0) is 36.1 Å². The molecule has 1 aliphatic rings. The van der Waals surface area contributed by atoms with E-state index < -0.39 is 0 Å². The van der Waals surface area contributed by atoms with E-state index in [-0.39, 0.29) is 18.6 Å². The summed E-state index contributed by atoms with van der Waals surface area (Å²) in [5.41, 5.74) is 4.30. The smallest absolute Gasteiger partial charge is 0.258 e. The van der Waals surface area contributed by atoms with Crippen LogP contribution in [0.25, 0.3) is 0 Å². The molecule has 6 heteroatoms. The average Bonchev–Trinajstić information content (AvgIpc) is 3.15. The summed E-state index contributed by atoms with van der Waals surface area (Å²) in [6, 6.07) is 17.9. The van der Waals surface area contributed by atoms with Gasteiger partial charge in [0.15, 0.2) is 6.61 Å². The second-order valence-electron chi connectivity index (χ2n) is 7.19. The number of hydrogen-bond acceptors (Lipinski definition) is 4. The standard InChI is InChI=1S/C23H25N3O3/c1-17-7-5-6-10-20(17)29-16-22(27)24-13-21-23-19(11-12-28-21)15-26(25-23)14-18-8-3-2-4-9-18/h2-10,15,21H,11-14,16H2,1H3,(H,24,27). The summed E-state index contributed by atoms with van der Waals surface area (Å²) >= 11 is 0. The van der Waals surface area contributed by atoms with Crippen molar-refractivity contribution >= 4 is 5.91 Å². The number of aromatic nitrogens is 2. The highest BCUT2D eigenvalue weighted by atomic mass is 16.5. The van der Waals surface area contributed by atoms with Gasteiger partial charge in [-0.1, -0.05) is 48.5 Å². The minimum atomic E-state index is -0.238. The Bertz CT molecular complexity index is 969. The topological polar surface area (TPSA) is 65.4 Å². The van der Waals surface area contributed by atoms with Gasteiger partial charge in [0, 0.05) is 12.7 Å². The molecule has 1 aromatic heterocycles. The number of fused-ring (bicyclic) bond motifs is 1. The summed E-state index contributed by atoms with van der Waals surface area (Å²) < 4.78 is 13.4. The van der Waals surface area contributed by atoms with E-state index in [1.165, 1.54) is 11.1 Å². The van der Waals surface area contributed by atoms with Crippen molar-refractivity contribution in [3.05, 3.63) is 83.2 Å². The molecule has 1 N–H and O–H groups in total. The molecule has 6 nitrogen and oxygen atoms in total. The molecule has 0 aliphatic carbocycles.